The van der Waals surface area contributed by atoms with Crippen LogP contribution in [0.5, 0.6) is 0 Å². The van der Waals surface area contributed by atoms with Crippen LogP contribution >= 0.6 is 11.6 Å². The van der Waals surface area contributed by atoms with Gasteiger partial charge in [-0.2, -0.15) is 5.10 Å². The van der Waals surface area contributed by atoms with Crippen LogP contribution in [0.3, 0.4) is 0 Å². The summed E-state index contributed by atoms with van der Waals surface area (Å²) in [5.41, 5.74) is 6.85. The van der Waals surface area contributed by atoms with E-state index in [1.54, 1.807) is 6.07 Å². The number of hydrogen-bond donors (Lipinski definition) is 2. The second kappa shape index (κ2) is 3.31. The highest BCUT2D eigenvalue weighted by molar-refractivity contribution is 6.30. The van der Waals surface area contributed by atoms with Gasteiger partial charge in [0.25, 0.3) is 0 Å². The van der Waals surface area contributed by atoms with E-state index in [0.29, 0.717) is 22.0 Å². The Balaban J connectivity index is 2.57. The van der Waals surface area contributed by atoms with Crippen molar-refractivity contribution >= 4 is 17.4 Å². The Morgan fingerprint density at radius 1 is 1.36 bits per heavy atom. The summed E-state index contributed by atoms with van der Waals surface area (Å²) in [4.78, 5) is 0. The molecule has 0 aliphatic rings. The molecule has 0 saturated heterocycles. The minimum absolute atomic E-state index is 0.334. The molecular formula is C9H7ClFN3. The maximum absolute atomic E-state index is 13.0. The third kappa shape index (κ3) is 1.56. The average Bonchev–Trinajstić information content (AvgIpc) is 2.49. The normalized spacial score (nSPS) is 10.4. The lowest BCUT2D eigenvalue weighted by atomic mass is 10.1. The molecule has 0 aliphatic carbocycles. The highest BCUT2D eigenvalue weighted by atomic mass is 35.5. The molecule has 1 heterocycles. The molecule has 3 nitrogen and oxygen atoms in total. The summed E-state index contributed by atoms with van der Waals surface area (Å²) in [7, 11) is 0. The maximum Gasteiger partial charge on any atom is 0.126 e. The first-order chi connectivity index (χ1) is 6.66. The SMILES string of the molecule is Nc1[nH]ncc1-c1cc(F)cc(Cl)c1. The highest BCUT2D eigenvalue weighted by Crippen LogP contribution is 2.27. The van der Waals surface area contributed by atoms with Crippen molar-refractivity contribution in [2.75, 3.05) is 5.73 Å². The zero-order valence-electron chi connectivity index (χ0n) is 7.09. The number of H-pyrrole nitrogens is 1. The minimum atomic E-state index is -0.395. The fourth-order valence-electron chi connectivity index (χ4n) is 1.24. The average molecular weight is 212 g/mol. The van der Waals surface area contributed by atoms with Crippen molar-refractivity contribution < 1.29 is 4.39 Å². The van der Waals surface area contributed by atoms with Crippen LogP contribution in [0, 0.1) is 5.82 Å². The molecule has 0 aliphatic heterocycles. The number of nitrogens with one attached hydrogen (secondary N) is 1. The molecule has 0 fully saturated rings. The molecule has 2 rings (SSSR count). The summed E-state index contributed by atoms with van der Waals surface area (Å²) in [5, 5.41) is 6.64. The van der Waals surface area contributed by atoms with Crippen molar-refractivity contribution in [2.24, 2.45) is 0 Å². The summed E-state index contributed by atoms with van der Waals surface area (Å²) in [6, 6.07) is 4.22. The molecule has 0 radical (unpaired) electrons. The second-order valence-corrected chi connectivity index (χ2v) is 3.29. The molecule has 0 saturated carbocycles. The van der Waals surface area contributed by atoms with Gasteiger partial charge in [-0.25, -0.2) is 4.39 Å². The van der Waals surface area contributed by atoms with Crippen molar-refractivity contribution in [3.05, 3.63) is 35.2 Å². The van der Waals surface area contributed by atoms with Gasteiger partial charge in [0, 0.05) is 10.6 Å². The van der Waals surface area contributed by atoms with E-state index in [9.17, 15) is 4.39 Å². The van der Waals surface area contributed by atoms with Gasteiger partial charge in [0.05, 0.1) is 6.20 Å². The molecule has 0 atom stereocenters. The van der Waals surface area contributed by atoms with Crippen LogP contribution in [0.4, 0.5) is 10.2 Å². The van der Waals surface area contributed by atoms with E-state index < -0.39 is 5.82 Å². The second-order valence-electron chi connectivity index (χ2n) is 2.86. The van der Waals surface area contributed by atoms with Gasteiger partial charge < -0.3 is 5.73 Å². The molecule has 0 amide bonds. The first-order valence-electron chi connectivity index (χ1n) is 3.92. The van der Waals surface area contributed by atoms with Crippen LogP contribution in [-0.2, 0) is 0 Å². The summed E-state index contributed by atoms with van der Waals surface area (Å²) >= 11 is 5.71. The molecule has 0 bridgehead atoms. The Kier molecular flexibility index (Phi) is 2.13. The Hall–Kier alpha value is -1.55. The molecule has 2 aromatic rings. The smallest absolute Gasteiger partial charge is 0.126 e. The van der Waals surface area contributed by atoms with Crippen LogP contribution in [0.2, 0.25) is 5.02 Å². The Labute approximate surface area is 84.7 Å². The van der Waals surface area contributed by atoms with Gasteiger partial charge >= 0.3 is 0 Å². The lowest BCUT2D eigenvalue weighted by molar-refractivity contribution is 0.628. The van der Waals surface area contributed by atoms with Gasteiger partial charge in [0.15, 0.2) is 0 Å². The largest absolute Gasteiger partial charge is 0.384 e. The van der Waals surface area contributed by atoms with Crippen molar-refractivity contribution in [3.63, 3.8) is 0 Å². The molecule has 72 valence electrons. The van der Waals surface area contributed by atoms with Gasteiger partial charge in [0.1, 0.15) is 11.6 Å². The Morgan fingerprint density at radius 3 is 2.71 bits per heavy atom. The Morgan fingerprint density at radius 2 is 2.14 bits per heavy atom. The van der Waals surface area contributed by atoms with Crippen molar-refractivity contribution in [2.45, 2.75) is 0 Å². The summed E-state index contributed by atoms with van der Waals surface area (Å²) in [6.07, 6.45) is 1.53. The van der Waals surface area contributed by atoms with Crippen molar-refractivity contribution in [1.29, 1.82) is 0 Å². The number of rotatable bonds is 1. The van der Waals surface area contributed by atoms with Gasteiger partial charge in [-0.05, 0) is 23.8 Å². The molecule has 14 heavy (non-hydrogen) atoms. The van der Waals surface area contributed by atoms with Gasteiger partial charge in [-0.3, -0.25) is 5.10 Å². The lowest BCUT2D eigenvalue weighted by Gasteiger charge is -2.00. The number of benzene rings is 1. The Bertz CT molecular complexity index is 447. The zero-order chi connectivity index (χ0) is 10.1. The molecule has 1 aromatic carbocycles. The third-order valence-electron chi connectivity index (χ3n) is 1.84. The molecular weight excluding hydrogens is 205 g/mol. The number of anilines is 1. The van der Waals surface area contributed by atoms with E-state index in [-0.39, 0.29) is 0 Å². The van der Waals surface area contributed by atoms with Crippen LogP contribution < -0.4 is 5.73 Å². The number of aromatic nitrogens is 2. The van der Waals surface area contributed by atoms with E-state index >= 15 is 0 Å². The van der Waals surface area contributed by atoms with Crippen LogP contribution in [0.15, 0.2) is 24.4 Å². The van der Waals surface area contributed by atoms with E-state index in [0.717, 1.165) is 0 Å². The lowest BCUT2D eigenvalue weighted by Crippen LogP contribution is -1.88. The third-order valence-corrected chi connectivity index (χ3v) is 2.06. The minimum Gasteiger partial charge on any atom is -0.384 e. The molecule has 1 aromatic heterocycles. The van der Waals surface area contributed by atoms with E-state index in [2.05, 4.69) is 10.2 Å². The van der Waals surface area contributed by atoms with Gasteiger partial charge in [-0.15, -0.1) is 0 Å². The number of nitrogens with two attached hydrogens (primary N) is 1. The van der Waals surface area contributed by atoms with Crippen LogP contribution in [0.25, 0.3) is 11.1 Å². The quantitative estimate of drug-likeness (QED) is 0.761. The number of hydrogen-bond acceptors (Lipinski definition) is 2. The van der Waals surface area contributed by atoms with Crippen LogP contribution in [-0.4, -0.2) is 10.2 Å². The molecule has 5 heteroatoms. The molecule has 0 spiro atoms. The summed E-state index contributed by atoms with van der Waals surface area (Å²) < 4.78 is 13.0. The first-order valence-corrected chi connectivity index (χ1v) is 4.30. The predicted molar refractivity (Wildman–Crippen MR) is 53.4 cm³/mol. The highest BCUT2D eigenvalue weighted by Gasteiger charge is 2.06. The summed E-state index contributed by atoms with van der Waals surface area (Å²) in [5.74, 6) is -0.000216. The number of nitrogen functional groups attached to an aromatic ring is 1. The monoisotopic (exact) mass is 211 g/mol. The maximum atomic E-state index is 13.0. The van der Waals surface area contributed by atoms with E-state index in [1.807, 2.05) is 0 Å². The first kappa shape index (κ1) is 9.02. The molecule has 0 unspecified atom stereocenters. The number of halogens is 2. The standard InChI is InChI=1S/C9H7ClFN3/c10-6-1-5(2-7(11)3-6)8-4-13-14-9(8)12/h1-4H,(H3,12,13,14). The van der Waals surface area contributed by atoms with Gasteiger partial charge in [-0.1, -0.05) is 11.6 Å². The summed E-state index contributed by atoms with van der Waals surface area (Å²) in [6.45, 7) is 0. The van der Waals surface area contributed by atoms with Gasteiger partial charge in [0.2, 0.25) is 0 Å². The van der Waals surface area contributed by atoms with Crippen molar-refractivity contribution in [3.8, 4) is 11.1 Å². The number of aromatic amines is 1. The van der Waals surface area contributed by atoms with E-state index in [1.165, 1.54) is 18.3 Å². The fraction of sp³-hybridized carbons (Fsp3) is 0. The van der Waals surface area contributed by atoms with Crippen LogP contribution in [0.1, 0.15) is 0 Å². The van der Waals surface area contributed by atoms with E-state index in [4.69, 9.17) is 17.3 Å². The topological polar surface area (TPSA) is 54.7 Å². The fourth-order valence-corrected chi connectivity index (χ4v) is 1.46. The molecule has 3 N–H and O–H groups in total. The number of nitrogens with zero attached hydrogens (tertiary/aromatic N) is 1. The van der Waals surface area contributed by atoms with Crippen molar-refractivity contribution in [1.82, 2.24) is 10.2 Å². The zero-order valence-corrected chi connectivity index (χ0v) is 7.85. The predicted octanol–water partition coefficient (Wildman–Crippen LogP) is 2.45.